The van der Waals surface area contributed by atoms with Crippen molar-refractivity contribution in [1.29, 1.82) is 0 Å². The van der Waals surface area contributed by atoms with Crippen molar-refractivity contribution in [2.24, 2.45) is 11.8 Å². The number of aliphatic carboxylic acids is 1. The van der Waals surface area contributed by atoms with Gasteiger partial charge in [0, 0.05) is 6.54 Å². The van der Waals surface area contributed by atoms with Crippen molar-refractivity contribution in [3.8, 4) is 11.5 Å². The number of para-hydroxylation sites is 1. The number of carboxylic acids is 1. The molecule has 0 spiro atoms. The van der Waals surface area contributed by atoms with Gasteiger partial charge in [0.2, 0.25) is 0 Å². The molecule has 0 aliphatic heterocycles. The molecule has 1 amide bonds. The number of carbonyl (C=O) groups excluding carboxylic acids is 1. The predicted molar refractivity (Wildman–Crippen MR) is 68.1 cm³/mol. The number of hydrogen-bond donors (Lipinski definition) is 4. The first-order valence-electron chi connectivity index (χ1n) is 5.86. The number of phenols is 2. The van der Waals surface area contributed by atoms with Crippen LogP contribution in [0.1, 0.15) is 24.2 Å². The average Bonchev–Trinajstić information content (AvgIpc) is 2.31. The van der Waals surface area contributed by atoms with Crippen molar-refractivity contribution in [1.82, 2.24) is 5.32 Å². The van der Waals surface area contributed by atoms with Crippen LogP contribution in [0, 0.1) is 11.8 Å². The zero-order valence-electron chi connectivity index (χ0n) is 10.8. The van der Waals surface area contributed by atoms with E-state index in [-0.39, 0.29) is 18.0 Å². The van der Waals surface area contributed by atoms with Gasteiger partial charge in [-0.2, -0.15) is 0 Å². The first kappa shape index (κ1) is 14.8. The van der Waals surface area contributed by atoms with E-state index in [4.69, 9.17) is 5.11 Å². The number of hydrogen-bond acceptors (Lipinski definition) is 4. The third kappa shape index (κ3) is 3.61. The Balaban J connectivity index is 2.75. The second-order valence-corrected chi connectivity index (χ2v) is 4.57. The number of carboxylic acid groups (broad SMARTS) is 1. The summed E-state index contributed by atoms with van der Waals surface area (Å²) in [5, 5.41) is 30.2. The van der Waals surface area contributed by atoms with E-state index in [1.165, 1.54) is 18.2 Å². The van der Waals surface area contributed by atoms with Crippen molar-refractivity contribution in [2.45, 2.75) is 13.8 Å². The number of nitrogens with one attached hydrogen (secondary N) is 1. The van der Waals surface area contributed by atoms with Crippen molar-refractivity contribution in [3.63, 3.8) is 0 Å². The van der Waals surface area contributed by atoms with Crippen LogP contribution in [0.25, 0.3) is 0 Å². The monoisotopic (exact) mass is 267 g/mol. The Kier molecular flexibility index (Phi) is 4.74. The standard InChI is InChI=1S/C13H17NO5/c1-7(2)9(13(18)19)6-14-12(17)8-4-3-5-10(15)11(8)16/h3-5,7,9,15-16H,6H2,1-2H3,(H,14,17)(H,18,19). The lowest BCUT2D eigenvalue weighted by Crippen LogP contribution is -2.35. The molecular weight excluding hydrogens is 250 g/mol. The van der Waals surface area contributed by atoms with E-state index in [0.717, 1.165) is 0 Å². The van der Waals surface area contributed by atoms with Gasteiger partial charge < -0.3 is 20.6 Å². The first-order chi connectivity index (χ1) is 8.84. The molecule has 1 aromatic rings. The molecule has 1 atom stereocenters. The molecule has 0 aliphatic rings. The fraction of sp³-hybridized carbons (Fsp3) is 0.385. The van der Waals surface area contributed by atoms with Gasteiger partial charge in [-0.1, -0.05) is 19.9 Å². The Bertz CT molecular complexity index is 484. The molecule has 6 heteroatoms. The Labute approximate surface area is 110 Å². The summed E-state index contributed by atoms with van der Waals surface area (Å²) in [5.74, 6) is -3.36. The number of amides is 1. The zero-order chi connectivity index (χ0) is 14.6. The lowest BCUT2D eigenvalue weighted by molar-refractivity contribution is -0.142. The number of rotatable bonds is 5. The Hall–Kier alpha value is -2.24. The molecular formula is C13H17NO5. The van der Waals surface area contributed by atoms with E-state index < -0.39 is 29.3 Å². The zero-order valence-corrected chi connectivity index (χ0v) is 10.8. The van der Waals surface area contributed by atoms with Crippen LogP contribution in [0.4, 0.5) is 0 Å². The molecule has 1 unspecified atom stereocenters. The molecule has 6 nitrogen and oxygen atoms in total. The second-order valence-electron chi connectivity index (χ2n) is 4.57. The van der Waals surface area contributed by atoms with Crippen LogP contribution < -0.4 is 5.32 Å². The lowest BCUT2D eigenvalue weighted by Gasteiger charge is -2.17. The third-order valence-corrected chi connectivity index (χ3v) is 2.86. The van der Waals surface area contributed by atoms with Crippen molar-refractivity contribution in [2.75, 3.05) is 6.54 Å². The molecule has 104 valence electrons. The SMILES string of the molecule is CC(C)C(CNC(=O)c1cccc(O)c1O)C(=O)O. The lowest BCUT2D eigenvalue weighted by atomic mass is 9.96. The quantitative estimate of drug-likeness (QED) is 0.599. The molecule has 0 aliphatic carbocycles. The maximum absolute atomic E-state index is 11.8. The highest BCUT2D eigenvalue weighted by atomic mass is 16.4. The van der Waals surface area contributed by atoms with Gasteiger partial charge in [-0.25, -0.2) is 0 Å². The average molecular weight is 267 g/mol. The predicted octanol–water partition coefficient (Wildman–Crippen LogP) is 1.18. The third-order valence-electron chi connectivity index (χ3n) is 2.86. The summed E-state index contributed by atoms with van der Waals surface area (Å²) in [4.78, 5) is 22.8. The van der Waals surface area contributed by atoms with E-state index in [9.17, 15) is 19.8 Å². The highest BCUT2D eigenvalue weighted by Gasteiger charge is 2.23. The smallest absolute Gasteiger partial charge is 0.308 e. The summed E-state index contributed by atoms with van der Waals surface area (Å²) < 4.78 is 0. The molecule has 1 rings (SSSR count). The molecule has 1 aromatic carbocycles. The number of benzene rings is 1. The summed E-state index contributed by atoms with van der Waals surface area (Å²) in [6.45, 7) is 3.45. The summed E-state index contributed by atoms with van der Waals surface area (Å²) in [7, 11) is 0. The van der Waals surface area contributed by atoms with Gasteiger partial charge >= 0.3 is 5.97 Å². The van der Waals surface area contributed by atoms with Gasteiger partial charge in [0.05, 0.1) is 11.5 Å². The fourth-order valence-corrected chi connectivity index (χ4v) is 1.62. The van der Waals surface area contributed by atoms with E-state index in [0.29, 0.717) is 0 Å². The molecule has 0 radical (unpaired) electrons. The largest absolute Gasteiger partial charge is 0.504 e. The maximum Gasteiger partial charge on any atom is 0.308 e. The summed E-state index contributed by atoms with van der Waals surface area (Å²) in [6.07, 6.45) is 0. The van der Waals surface area contributed by atoms with Gasteiger partial charge in [0.1, 0.15) is 0 Å². The van der Waals surface area contributed by atoms with E-state index in [2.05, 4.69) is 5.32 Å². The number of phenolic OH excluding ortho intramolecular Hbond substituents is 2. The van der Waals surface area contributed by atoms with Gasteiger partial charge in [0.15, 0.2) is 11.5 Å². The second kappa shape index (κ2) is 6.08. The highest BCUT2D eigenvalue weighted by Crippen LogP contribution is 2.27. The Morgan fingerprint density at radius 2 is 1.89 bits per heavy atom. The fourth-order valence-electron chi connectivity index (χ4n) is 1.62. The van der Waals surface area contributed by atoms with Crippen LogP contribution in [-0.4, -0.2) is 33.7 Å². The van der Waals surface area contributed by atoms with Crippen LogP contribution in [0.15, 0.2) is 18.2 Å². The Morgan fingerprint density at radius 3 is 2.42 bits per heavy atom. The number of aromatic hydroxyl groups is 2. The van der Waals surface area contributed by atoms with Gasteiger partial charge in [-0.05, 0) is 18.1 Å². The van der Waals surface area contributed by atoms with E-state index in [1.807, 2.05) is 0 Å². The van der Waals surface area contributed by atoms with Crippen LogP contribution in [-0.2, 0) is 4.79 Å². The van der Waals surface area contributed by atoms with Crippen molar-refractivity contribution < 1.29 is 24.9 Å². The molecule has 0 aromatic heterocycles. The summed E-state index contributed by atoms with van der Waals surface area (Å²) in [6, 6.07) is 4.01. The Morgan fingerprint density at radius 1 is 1.26 bits per heavy atom. The maximum atomic E-state index is 11.8. The van der Waals surface area contributed by atoms with Crippen LogP contribution in [0.2, 0.25) is 0 Å². The van der Waals surface area contributed by atoms with Gasteiger partial charge in [-0.3, -0.25) is 9.59 Å². The molecule has 19 heavy (non-hydrogen) atoms. The summed E-state index contributed by atoms with van der Waals surface area (Å²) in [5.41, 5.74) is -0.0899. The molecule has 0 fully saturated rings. The molecule has 0 bridgehead atoms. The van der Waals surface area contributed by atoms with Gasteiger partial charge in [0.25, 0.3) is 5.91 Å². The van der Waals surface area contributed by atoms with Crippen molar-refractivity contribution in [3.05, 3.63) is 23.8 Å². The van der Waals surface area contributed by atoms with E-state index >= 15 is 0 Å². The minimum absolute atomic E-state index is 0.0407. The first-order valence-corrected chi connectivity index (χ1v) is 5.86. The molecule has 4 N–H and O–H groups in total. The van der Waals surface area contributed by atoms with Crippen LogP contribution in [0.5, 0.6) is 11.5 Å². The summed E-state index contributed by atoms with van der Waals surface area (Å²) >= 11 is 0. The minimum atomic E-state index is -0.990. The van der Waals surface area contributed by atoms with Gasteiger partial charge in [-0.15, -0.1) is 0 Å². The molecule has 0 saturated carbocycles. The molecule has 0 heterocycles. The number of carbonyl (C=O) groups is 2. The highest BCUT2D eigenvalue weighted by molar-refractivity contribution is 5.97. The normalized spacial score (nSPS) is 12.2. The van der Waals surface area contributed by atoms with Crippen molar-refractivity contribution >= 4 is 11.9 Å². The minimum Gasteiger partial charge on any atom is -0.504 e. The van der Waals surface area contributed by atoms with Crippen LogP contribution >= 0.6 is 0 Å². The van der Waals surface area contributed by atoms with Crippen LogP contribution in [0.3, 0.4) is 0 Å². The van der Waals surface area contributed by atoms with E-state index in [1.54, 1.807) is 13.8 Å². The molecule has 0 saturated heterocycles. The topological polar surface area (TPSA) is 107 Å².